The highest BCUT2D eigenvalue weighted by Gasteiger charge is 2.27. The van der Waals surface area contributed by atoms with Crippen LogP contribution in [0, 0.1) is 20.8 Å². The van der Waals surface area contributed by atoms with Crippen LogP contribution in [0.25, 0.3) is 0 Å². The van der Waals surface area contributed by atoms with E-state index in [2.05, 4.69) is 10.3 Å². The van der Waals surface area contributed by atoms with Crippen molar-refractivity contribution in [2.24, 2.45) is 0 Å². The third-order valence-corrected chi connectivity index (χ3v) is 6.73. The van der Waals surface area contributed by atoms with Crippen molar-refractivity contribution in [1.82, 2.24) is 15.2 Å². The Kier molecular flexibility index (Phi) is 6.37. The van der Waals surface area contributed by atoms with Gasteiger partial charge in [-0.2, -0.15) is 0 Å². The van der Waals surface area contributed by atoms with Crippen LogP contribution >= 0.6 is 11.8 Å². The summed E-state index contributed by atoms with van der Waals surface area (Å²) in [5.74, 6) is 1.27. The Labute approximate surface area is 192 Å². The number of fused-ring (bicyclic) bond motifs is 1. The molecular formula is C25H27N3O3S. The quantitative estimate of drug-likeness (QED) is 0.583. The lowest BCUT2D eigenvalue weighted by Gasteiger charge is -2.30. The average molecular weight is 450 g/mol. The van der Waals surface area contributed by atoms with Crippen molar-refractivity contribution < 1.29 is 14.0 Å². The Morgan fingerprint density at radius 1 is 1.19 bits per heavy atom. The second-order valence-corrected chi connectivity index (χ2v) is 8.86. The number of aromatic nitrogens is 1. The number of carbonyl (C=O) groups is 2. The van der Waals surface area contributed by atoms with Crippen LogP contribution in [-0.4, -0.2) is 34.5 Å². The van der Waals surface area contributed by atoms with Gasteiger partial charge in [0.25, 0.3) is 11.8 Å². The summed E-state index contributed by atoms with van der Waals surface area (Å²) in [6, 6.07) is 9.40. The monoisotopic (exact) mass is 449 g/mol. The maximum Gasteiger partial charge on any atom is 0.257 e. The fourth-order valence-electron chi connectivity index (χ4n) is 4.24. The predicted molar refractivity (Wildman–Crippen MR) is 125 cm³/mol. The summed E-state index contributed by atoms with van der Waals surface area (Å²) in [5, 5.41) is 3.07. The first-order valence-electron chi connectivity index (χ1n) is 10.6. The van der Waals surface area contributed by atoms with E-state index in [0.29, 0.717) is 36.5 Å². The summed E-state index contributed by atoms with van der Waals surface area (Å²) in [6.45, 7) is 7.17. The van der Waals surface area contributed by atoms with Crippen LogP contribution in [0.15, 0.2) is 45.8 Å². The summed E-state index contributed by atoms with van der Waals surface area (Å²) in [6.07, 6.45) is 4.55. The number of pyridine rings is 1. The van der Waals surface area contributed by atoms with Gasteiger partial charge in [-0.15, -0.1) is 11.8 Å². The van der Waals surface area contributed by atoms with Crippen LogP contribution in [0.1, 0.15) is 54.6 Å². The van der Waals surface area contributed by atoms with Gasteiger partial charge < -0.3 is 14.6 Å². The van der Waals surface area contributed by atoms with Gasteiger partial charge in [0.05, 0.1) is 11.1 Å². The molecule has 0 spiro atoms. The fourth-order valence-corrected chi connectivity index (χ4v) is 4.83. The van der Waals surface area contributed by atoms with Gasteiger partial charge in [0.2, 0.25) is 0 Å². The number of hydrogen-bond donors (Lipinski definition) is 1. The third-order valence-electron chi connectivity index (χ3n) is 5.93. The average Bonchev–Trinajstić information content (AvgIpc) is 3.15. The topological polar surface area (TPSA) is 75.4 Å². The van der Waals surface area contributed by atoms with Crippen molar-refractivity contribution >= 4 is 23.6 Å². The van der Waals surface area contributed by atoms with Crippen molar-refractivity contribution in [2.75, 3.05) is 12.8 Å². The molecule has 0 aliphatic carbocycles. The lowest BCUT2D eigenvalue weighted by Crippen LogP contribution is -2.37. The third kappa shape index (κ3) is 4.30. The molecule has 0 saturated heterocycles. The highest BCUT2D eigenvalue weighted by molar-refractivity contribution is 7.98. The zero-order chi connectivity index (χ0) is 22.8. The molecule has 3 aromatic rings. The number of hydrogen-bond acceptors (Lipinski definition) is 5. The second-order valence-electron chi connectivity index (χ2n) is 8.01. The number of thioether (sulfide) groups is 1. The van der Waals surface area contributed by atoms with Crippen LogP contribution in [0.4, 0.5) is 0 Å². The minimum Gasteiger partial charge on any atom is -0.466 e. The van der Waals surface area contributed by atoms with E-state index in [1.807, 2.05) is 62.4 Å². The molecule has 0 unspecified atom stereocenters. The van der Waals surface area contributed by atoms with Crippen LogP contribution in [0.2, 0.25) is 0 Å². The van der Waals surface area contributed by atoms with Gasteiger partial charge in [-0.05, 0) is 68.3 Å². The van der Waals surface area contributed by atoms with E-state index in [9.17, 15) is 9.59 Å². The zero-order valence-corrected chi connectivity index (χ0v) is 19.6. The van der Waals surface area contributed by atoms with Crippen LogP contribution in [-0.2, 0) is 19.5 Å². The zero-order valence-electron chi connectivity index (χ0n) is 18.8. The summed E-state index contributed by atoms with van der Waals surface area (Å²) in [7, 11) is 0. The number of amides is 2. The van der Waals surface area contributed by atoms with E-state index in [1.165, 1.54) is 5.56 Å². The van der Waals surface area contributed by atoms with Crippen molar-refractivity contribution in [2.45, 2.75) is 45.2 Å². The Hall–Kier alpha value is -3.06. The lowest BCUT2D eigenvalue weighted by atomic mass is 9.94. The van der Waals surface area contributed by atoms with Gasteiger partial charge in [-0.1, -0.05) is 12.1 Å². The molecule has 0 radical (unpaired) electrons. The summed E-state index contributed by atoms with van der Waals surface area (Å²) < 4.78 is 5.54. The molecule has 0 bridgehead atoms. The molecule has 0 saturated carbocycles. The standard InChI is InChI=1S/C25H27N3O3S/c1-15-11-21(17(3)31-15)25(30)28-10-9-19-18(14-28)12-26-16(2)22(19)13-27-24(29)20-7-5-6-8-23(20)32-4/h5-8,11-12H,9-10,13-14H2,1-4H3,(H,27,29). The van der Waals surface area contributed by atoms with E-state index in [0.717, 1.165) is 33.9 Å². The molecule has 4 rings (SSSR count). The van der Waals surface area contributed by atoms with E-state index in [1.54, 1.807) is 17.8 Å². The van der Waals surface area contributed by atoms with Crippen molar-refractivity contribution in [3.05, 3.63) is 81.6 Å². The minimum atomic E-state index is -0.0923. The maximum atomic E-state index is 13.0. The van der Waals surface area contributed by atoms with Crippen molar-refractivity contribution in [3.63, 3.8) is 0 Å². The van der Waals surface area contributed by atoms with Gasteiger partial charge >= 0.3 is 0 Å². The van der Waals surface area contributed by atoms with Gasteiger partial charge in [0, 0.05) is 36.4 Å². The van der Waals surface area contributed by atoms with Crippen LogP contribution < -0.4 is 5.32 Å². The second kappa shape index (κ2) is 9.20. The number of aryl methyl sites for hydroxylation is 3. The molecule has 32 heavy (non-hydrogen) atoms. The molecular weight excluding hydrogens is 422 g/mol. The molecule has 7 heteroatoms. The molecule has 1 aromatic carbocycles. The Morgan fingerprint density at radius 2 is 1.97 bits per heavy atom. The van der Waals surface area contributed by atoms with E-state index >= 15 is 0 Å². The van der Waals surface area contributed by atoms with Gasteiger partial charge in [-0.25, -0.2) is 0 Å². The van der Waals surface area contributed by atoms with Crippen molar-refractivity contribution in [1.29, 1.82) is 0 Å². The minimum absolute atomic E-state index is 0.0194. The molecule has 2 aromatic heterocycles. The SMILES string of the molecule is CSc1ccccc1C(=O)NCc1c(C)ncc2c1CCN(C(=O)c1cc(C)oc1C)C2. The van der Waals surface area contributed by atoms with Gasteiger partial charge in [0.1, 0.15) is 11.5 Å². The fraction of sp³-hybridized carbons (Fsp3) is 0.320. The molecule has 2 amide bonds. The first-order valence-corrected chi connectivity index (χ1v) is 11.8. The first kappa shape index (κ1) is 22.1. The Balaban J connectivity index is 1.52. The lowest BCUT2D eigenvalue weighted by molar-refractivity contribution is 0.0732. The summed E-state index contributed by atoms with van der Waals surface area (Å²) in [5.41, 5.74) is 5.45. The van der Waals surface area contributed by atoms with E-state index in [4.69, 9.17) is 4.42 Å². The van der Waals surface area contributed by atoms with Crippen LogP contribution in [0.5, 0.6) is 0 Å². The van der Waals surface area contributed by atoms with Crippen LogP contribution in [0.3, 0.4) is 0 Å². The number of benzene rings is 1. The molecule has 6 nitrogen and oxygen atoms in total. The first-order chi connectivity index (χ1) is 15.4. The molecule has 0 atom stereocenters. The van der Waals surface area contributed by atoms with Gasteiger partial charge in [0.15, 0.2) is 0 Å². The number of nitrogens with zero attached hydrogens (tertiary/aromatic N) is 2. The Bertz CT molecular complexity index is 1190. The summed E-state index contributed by atoms with van der Waals surface area (Å²) >= 11 is 1.56. The predicted octanol–water partition coefficient (Wildman–Crippen LogP) is 4.45. The normalized spacial score (nSPS) is 13.1. The number of furan rings is 1. The van der Waals surface area contributed by atoms with Crippen molar-refractivity contribution in [3.8, 4) is 0 Å². The smallest absolute Gasteiger partial charge is 0.257 e. The molecule has 3 heterocycles. The maximum absolute atomic E-state index is 13.0. The number of nitrogens with one attached hydrogen (secondary N) is 1. The highest BCUT2D eigenvalue weighted by Crippen LogP contribution is 2.26. The molecule has 1 aliphatic rings. The molecule has 166 valence electrons. The largest absolute Gasteiger partial charge is 0.466 e. The number of carbonyl (C=O) groups excluding carboxylic acids is 2. The summed E-state index contributed by atoms with van der Waals surface area (Å²) in [4.78, 5) is 33.2. The van der Waals surface area contributed by atoms with E-state index in [-0.39, 0.29) is 11.8 Å². The van der Waals surface area contributed by atoms with Gasteiger partial charge in [-0.3, -0.25) is 14.6 Å². The molecule has 0 fully saturated rings. The number of rotatable bonds is 5. The molecule has 1 aliphatic heterocycles. The molecule has 1 N–H and O–H groups in total. The van der Waals surface area contributed by atoms with E-state index < -0.39 is 0 Å². The Morgan fingerprint density at radius 3 is 2.69 bits per heavy atom. The highest BCUT2D eigenvalue weighted by atomic mass is 32.2.